The second-order valence-corrected chi connectivity index (χ2v) is 6.68. The van der Waals surface area contributed by atoms with Crippen LogP contribution in [0.2, 0.25) is 0 Å². The third-order valence-corrected chi connectivity index (χ3v) is 3.35. The van der Waals surface area contributed by atoms with E-state index in [0.717, 1.165) is 5.69 Å². The lowest BCUT2D eigenvalue weighted by Crippen LogP contribution is -2.35. The highest BCUT2D eigenvalue weighted by Gasteiger charge is 2.40. The maximum absolute atomic E-state index is 11.5. The van der Waals surface area contributed by atoms with Gasteiger partial charge in [-0.2, -0.15) is 0 Å². The number of ether oxygens (including phenoxy) is 1. The molecule has 0 bridgehead atoms. The lowest BCUT2D eigenvalue weighted by molar-refractivity contribution is 0.0530. The molecular weight excluding hydrogens is 268 g/mol. The van der Waals surface area contributed by atoms with Crippen molar-refractivity contribution in [2.75, 3.05) is 18.4 Å². The van der Waals surface area contributed by atoms with Gasteiger partial charge in [-0.05, 0) is 39.7 Å². The number of carbonyl (C=O) groups is 1. The van der Waals surface area contributed by atoms with Crippen molar-refractivity contribution in [2.45, 2.75) is 51.6 Å². The van der Waals surface area contributed by atoms with E-state index in [4.69, 9.17) is 4.74 Å². The van der Waals surface area contributed by atoms with E-state index in [1.165, 1.54) is 12.8 Å². The molecule has 1 aromatic rings. The first-order valence-electron chi connectivity index (χ1n) is 7.33. The van der Waals surface area contributed by atoms with E-state index in [9.17, 15) is 4.79 Å². The molecule has 0 saturated heterocycles. The van der Waals surface area contributed by atoms with Crippen LogP contribution in [0, 0.1) is 0 Å². The minimum absolute atomic E-state index is 0.230. The van der Waals surface area contributed by atoms with Gasteiger partial charge >= 0.3 is 6.09 Å². The van der Waals surface area contributed by atoms with Crippen LogP contribution >= 0.6 is 0 Å². The number of hydrogen-bond donors (Lipinski definition) is 2. The Morgan fingerprint density at radius 3 is 2.71 bits per heavy atom. The first-order valence-corrected chi connectivity index (χ1v) is 7.33. The van der Waals surface area contributed by atoms with Gasteiger partial charge in [0.25, 0.3) is 0 Å². The maximum atomic E-state index is 11.5. The highest BCUT2D eigenvalue weighted by molar-refractivity contribution is 5.67. The van der Waals surface area contributed by atoms with Gasteiger partial charge in [0.15, 0.2) is 0 Å². The Kier molecular flexibility index (Phi) is 4.34. The second-order valence-electron chi connectivity index (χ2n) is 6.68. The average molecular weight is 292 g/mol. The summed E-state index contributed by atoms with van der Waals surface area (Å²) in [5, 5.41) is 5.80. The fourth-order valence-electron chi connectivity index (χ4n) is 1.88. The number of hydrogen-bond acceptors (Lipinski definition) is 5. The monoisotopic (exact) mass is 292 g/mol. The van der Waals surface area contributed by atoms with E-state index in [1.807, 2.05) is 26.8 Å². The first-order chi connectivity index (χ1) is 9.78. The largest absolute Gasteiger partial charge is 0.444 e. The van der Waals surface area contributed by atoms with Crippen molar-refractivity contribution in [3.63, 3.8) is 0 Å². The molecule has 0 aromatic carbocycles. The minimum Gasteiger partial charge on any atom is -0.444 e. The van der Waals surface area contributed by atoms with Crippen molar-refractivity contribution >= 4 is 12.0 Å². The number of anilines is 1. The van der Waals surface area contributed by atoms with Crippen LogP contribution in [0.25, 0.3) is 0 Å². The summed E-state index contributed by atoms with van der Waals surface area (Å²) in [6, 6.07) is 1.97. The topological polar surface area (TPSA) is 76.1 Å². The molecule has 0 radical (unpaired) electrons. The van der Waals surface area contributed by atoms with E-state index < -0.39 is 11.7 Å². The fourth-order valence-corrected chi connectivity index (χ4v) is 1.88. The molecule has 0 unspecified atom stereocenters. The smallest absolute Gasteiger partial charge is 0.407 e. The van der Waals surface area contributed by atoms with Gasteiger partial charge < -0.3 is 15.4 Å². The van der Waals surface area contributed by atoms with Gasteiger partial charge in [0.2, 0.25) is 5.95 Å². The molecule has 1 amide bonds. The lowest BCUT2D eigenvalue weighted by Gasteiger charge is -2.19. The fraction of sp³-hybridized carbons (Fsp3) is 0.667. The molecule has 6 nitrogen and oxygen atoms in total. The van der Waals surface area contributed by atoms with Gasteiger partial charge in [-0.3, -0.25) is 0 Å². The zero-order valence-electron chi connectivity index (χ0n) is 13.2. The van der Waals surface area contributed by atoms with Gasteiger partial charge in [-0.25, -0.2) is 14.8 Å². The van der Waals surface area contributed by atoms with E-state index in [1.54, 1.807) is 6.20 Å². The minimum atomic E-state index is -0.478. The molecule has 0 aliphatic heterocycles. The van der Waals surface area contributed by atoms with Gasteiger partial charge in [0.1, 0.15) is 5.60 Å². The molecule has 1 heterocycles. The van der Waals surface area contributed by atoms with Crippen LogP contribution < -0.4 is 10.6 Å². The van der Waals surface area contributed by atoms with Gasteiger partial charge in [0.05, 0.1) is 5.69 Å². The zero-order chi connectivity index (χ0) is 15.5. The number of carbonyl (C=O) groups excluding carboxylic acids is 1. The number of nitrogens with zero attached hydrogens (tertiary/aromatic N) is 2. The van der Waals surface area contributed by atoms with E-state index in [0.29, 0.717) is 19.0 Å². The Labute approximate surface area is 125 Å². The number of aromatic nitrogens is 2. The Morgan fingerprint density at radius 1 is 1.38 bits per heavy atom. The Morgan fingerprint density at radius 2 is 2.10 bits per heavy atom. The molecule has 2 rings (SSSR count). The summed E-state index contributed by atoms with van der Waals surface area (Å²) >= 11 is 0. The molecule has 1 fully saturated rings. The van der Waals surface area contributed by atoms with Gasteiger partial charge in [-0.1, -0.05) is 6.92 Å². The van der Waals surface area contributed by atoms with Crippen LogP contribution in [-0.4, -0.2) is 34.8 Å². The summed E-state index contributed by atoms with van der Waals surface area (Å²) in [6.07, 6.45) is 3.73. The Bertz CT molecular complexity index is 507. The van der Waals surface area contributed by atoms with E-state index in [2.05, 4.69) is 27.5 Å². The number of nitrogens with one attached hydrogen (secondary N) is 2. The van der Waals surface area contributed by atoms with Crippen LogP contribution in [0.4, 0.5) is 10.7 Å². The van der Waals surface area contributed by atoms with Crippen molar-refractivity contribution in [3.8, 4) is 0 Å². The van der Waals surface area contributed by atoms with Crippen LogP contribution in [-0.2, 0) is 10.2 Å². The summed E-state index contributed by atoms with van der Waals surface area (Å²) in [5.74, 6) is 0.603. The predicted octanol–water partition coefficient (Wildman–Crippen LogP) is 2.46. The zero-order valence-corrected chi connectivity index (χ0v) is 13.2. The van der Waals surface area contributed by atoms with E-state index in [-0.39, 0.29) is 5.41 Å². The SMILES string of the molecule is CC(C)(C)OC(=O)NCCNc1nccc(C2(C)CC2)n1. The molecule has 116 valence electrons. The molecular formula is C15H24N4O2. The van der Waals surface area contributed by atoms with Crippen LogP contribution in [0.3, 0.4) is 0 Å². The molecule has 1 aliphatic rings. The summed E-state index contributed by atoms with van der Waals surface area (Å²) in [7, 11) is 0. The predicted molar refractivity (Wildman–Crippen MR) is 81.3 cm³/mol. The van der Waals surface area contributed by atoms with E-state index >= 15 is 0 Å². The molecule has 6 heteroatoms. The van der Waals surface area contributed by atoms with Crippen molar-refractivity contribution in [1.82, 2.24) is 15.3 Å². The highest BCUT2D eigenvalue weighted by atomic mass is 16.6. The normalized spacial score (nSPS) is 16.2. The summed E-state index contributed by atoms with van der Waals surface area (Å²) in [5.41, 5.74) is 0.836. The average Bonchev–Trinajstić information content (AvgIpc) is 3.13. The third-order valence-electron chi connectivity index (χ3n) is 3.35. The summed E-state index contributed by atoms with van der Waals surface area (Å²) in [4.78, 5) is 20.2. The lowest BCUT2D eigenvalue weighted by atomic mass is 10.1. The standard InChI is InChI=1S/C15H24N4O2/c1-14(2,3)21-13(20)18-10-9-17-12-16-8-5-11(19-12)15(4)6-7-15/h5,8H,6-7,9-10H2,1-4H3,(H,18,20)(H,16,17,19). The van der Waals surface area contributed by atoms with Crippen LogP contribution in [0.15, 0.2) is 12.3 Å². The third kappa shape index (κ3) is 4.88. The summed E-state index contributed by atoms with van der Waals surface area (Å²) < 4.78 is 5.15. The van der Waals surface area contributed by atoms with Crippen molar-refractivity contribution in [3.05, 3.63) is 18.0 Å². The van der Waals surface area contributed by atoms with Crippen LogP contribution in [0.5, 0.6) is 0 Å². The van der Waals surface area contributed by atoms with Crippen LogP contribution in [0.1, 0.15) is 46.2 Å². The Hall–Kier alpha value is -1.85. The van der Waals surface area contributed by atoms with Gasteiger partial charge in [0, 0.05) is 24.7 Å². The number of rotatable bonds is 5. The van der Waals surface area contributed by atoms with Crippen molar-refractivity contribution in [1.29, 1.82) is 0 Å². The molecule has 1 saturated carbocycles. The van der Waals surface area contributed by atoms with Crippen molar-refractivity contribution in [2.24, 2.45) is 0 Å². The first kappa shape index (κ1) is 15.5. The molecule has 0 spiro atoms. The summed E-state index contributed by atoms with van der Waals surface area (Å²) in [6.45, 7) is 8.73. The molecule has 1 aliphatic carbocycles. The molecule has 2 N–H and O–H groups in total. The maximum Gasteiger partial charge on any atom is 0.407 e. The van der Waals surface area contributed by atoms with Gasteiger partial charge in [-0.15, -0.1) is 0 Å². The second kappa shape index (κ2) is 5.87. The molecule has 1 aromatic heterocycles. The quantitative estimate of drug-likeness (QED) is 0.815. The number of alkyl carbamates (subject to hydrolysis) is 1. The number of amides is 1. The van der Waals surface area contributed by atoms with Crippen molar-refractivity contribution < 1.29 is 9.53 Å². The Balaban J connectivity index is 1.73. The molecule has 0 atom stereocenters. The highest BCUT2D eigenvalue weighted by Crippen LogP contribution is 2.46. The molecule has 21 heavy (non-hydrogen) atoms.